The van der Waals surface area contributed by atoms with Gasteiger partial charge in [-0.15, -0.1) is 0 Å². The van der Waals surface area contributed by atoms with E-state index in [1.165, 1.54) is 0 Å². The molecular formula is C10H13N3. The van der Waals surface area contributed by atoms with Crippen molar-refractivity contribution in [1.29, 1.82) is 5.26 Å². The average molecular weight is 175 g/mol. The maximum absolute atomic E-state index is 8.37. The summed E-state index contributed by atoms with van der Waals surface area (Å²) in [5, 5.41) is 8.37. The molecule has 1 aromatic rings. The van der Waals surface area contributed by atoms with Crippen LogP contribution in [0.5, 0.6) is 0 Å². The summed E-state index contributed by atoms with van der Waals surface area (Å²) in [5.41, 5.74) is 1.15. The Morgan fingerprint density at radius 1 is 1.46 bits per heavy atom. The van der Waals surface area contributed by atoms with Gasteiger partial charge in [-0.05, 0) is 18.6 Å². The fourth-order valence-corrected chi connectivity index (χ4v) is 1.12. The zero-order valence-corrected chi connectivity index (χ0v) is 7.77. The van der Waals surface area contributed by atoms with E-state index in [4.69, 9.17) is 5.26 Å². The molecule has 0 amide bonds. The van der Waals surface area contributed by atoms with Gasteiger partial charge in [-0.1, -0.05) is 0 Å². The summed E-state index contributed by atoms with van der Waals surface area (Å²) in [6.07, 6.45) is 5.08. The smallest absolute Gasteiger partial charge is 0.0622 e. The minimum absolute atomic E-state index is 0.620. The second kappa shape index (κ2) is 5.15. The molecule has 0 aliphatic carbocycles. The highest BCUT2D eigenvalue weighted by molar-refractivity contribution is 5.43. The van der Waals surface area contributed by atoms with Gasteiger partial charge < -0.3 is 4.90 Å². The molecule has 1 aromatic heterocycles. The Bertz CT molecular complexity index is 276. The summed E-state index contributed by atoms with van der Waals surface area (Å²) in [5.74, 6) is 0. The summed E-state index contributed by atoms with van der Waals surface area (Å²) in [6.45, 7) is 0.914. The Morgan fingerprint density at radius 2 is 2.15 bits per heavy atom. The van der Waals surface area contributed by atoms with Gasteiger partial charge in [0.25, 0.3) is 0 Å². The number of aromatic nitrogens is 1. The molecule has 0 N–H and O–H groups in total. The predicted octanol–water partition coefficient (Wildman–Crippen LogP) is 1.82. The molecule has 0 aliphatic heterocycles. The molecule has 0 fully saturated rings. The molecule has 0 saturated carbocycles. The minimum atomic E-state index is 0.620. The Labute approximate surface area is 78.6 Å². The molecule has 0 bridgehead atoms. The highest BCUT2D eigenvalue weighted by atomic mass is 15.1. The van der Waals surface area contributed by atoms with Crippen LogP contribution in [0.3, 0.4) is 0 Å². The van der Waals surface area contributed by atoms with Crippen molar-refractivity contribution in [2.75, 3.05) is 18.5 Å². The number of hydrogen-bond acceptors (Lipinski definition) is 3. The molecule has 1 rings (SSSR count). The Hall–Kier alpha value is -1.56. The number of anilines is 1. The first-order chi connectivity index (χ1) is 6.34. The lowest BCUT2D eigenvalue weighted by atomic mass is 10.3. The van der Waals surface area contributed by atoms with Gasteiger partial charge in [-0.25, -0.2) is 0 Å². The van der Waals surface area contributed by atoms with Crippen LogP contribution in [0.25, 0.3) is 0 Å². The van der Waals surface area contributed by atoms with Gasteiger partial charge >= 0.3 is 0 Å². The lowest BCUT2D eigenvalue weighted by molar-refractivity contribution is 0.806. The molecule has 68 valence electrons. The third-order valence-electron chi connectivity index (χ3n) is 1.89. The second-order valence-electron chi connectivity index (χ2n) is 2.89. The molecular weight excluding hydrogens is 162 g/mol. The summed E-state index contributed by atoms with van der Waals surface area (Å²) < 4.78 is 0. The van der Waals surface area contributed by atoms with E-state index in [2.05, 4.69) is 16.0 Å². The molecule has 3 nitrogen and oxygen atoms in total. The van der Waals surface area contributed by atoms with Gasteiger partial charge in [0.1, 0.15) is 0 Å². The zero-order valence-electron chi connectivity index (χ0n) is 7.77. The molecule has 0 saturated heterocycles. The fourth-order valence-electron chi connectivity index (χ4n) is 1.12. The first kappa shape index (κ1) is 9.53. The summed E-state index contributed by atoms with van der Waals surface area (Å²) >= 11 is 0. The second-order valence-corrected chi connectivity index (χ2v) is 2.89. The van der Waals surface area contributed by atoms with E-state index in [1.807, 2.05) is 19.2 Å². The zero-order chi connectivity index (χ0) is 9.52. The maximum Gasteiger partial charge on any atom is 0.0622 e. The van der Waals surface area contributed by atoms with Crippen molar-refractivity contribution in [3.63, 3.8) is 0 Å². The number of hydrogen-bond donors (Lipinski definition) is 0. The monoisotopic (exact) mass is 175 g/mol. The number of rotatable bonds is 4. The SMILES string of the molecule is CN(CCCC#N)c1ccncc1. The summed E-state index contributed by atoms with van der Waals surface area (Å²) in [7, 11) is 2.02. The third-order valence-corrected chi connectivity index (χ3v) is 1.89. The van der Waals surface area contributed by atoms with Crippen molar-refractivity contribution in [2.24, 2.45) is 0 Å². The number of pyridine rings is 1. The van der Waals surface area contributed by atoms with E-state index in [0.717, 1.165) is 18.7 Å². The van der Waals surface area contributed by atoms with E-state index in [0.29, 0.717) is 6.42 Å². The molecule has 0 aromatic carbocycles. The molecule has 0 atom stereocenters. The van der Waals surface area contributed by atoms with Crippen molar-refractivity contribution in [3.05, 3.63) is 24.5 Å². The van der Waals surface area contributed by atoms with Crippen LogP contribution < -0.4 is 4.90 Å². The first-order valence-electron chi connectivity index (χ1n) is 4.32. The maximum atomic E-state index is 8.37. The Kier molecular flexibility index (Phi) is 3.77. The van der Waals surface area contributed by atoms with Gasteiger partial charge in [0.15, 0.2) is 0 Å². The number of nitriles is 1. The fraction of sp³-hybridized carbons (Fsp3) is 0.400. The molecule has 3 heteroatoms. The average Bonchev–Trinajstić information content (AvgIpc) is 2.19. The van der Waals surface area contributed by atoms with Gasteiger partial charge in [0.05, 0.1) is 6.07 Å². The summed E-state index contributed by atoms with van der Waals surface area (Å²) in [4.78, 5) is 6.07. The molecule has 13 heavy (non-hydrogen) atoms. The van der Waals surface area contributed by atoms with Gasteiger partial charge in [0.2, 0.25) is 0 Å². The van der Waals surface area contributed by atoms with Gasteiger partial charge in [-0.3, -0.25) is 4.98 Å². The predicted molar refractivity (Wildman–Crippen MR) is 52.4 cm³/mol. The van der Waals surface area contributed by atoms with Crippen LogP contribution in [0.1, 0.15) is 12.8 Å². The van der Waals surface area contributed by atoms with E-state index in [1.54, 1.807) is 12.4 Å². The molecule has 1 heterocycles. The summed E-state index contributed by atoms with van der Waals surface area (Å²) in [6, 6.07) is 6.06. The minimum Gasteiger partial charge on any atom is -0.374 e. The van der Waals surface area contributed by atoms with Crippen LogP contribution in [-0.4, -0.2) is 18.6 Å². The largest absolute Gasteiger partial charge is 0.374 e. The molecule has 0 unspecified atom stereocenters. The Morgan fingerprint density at radius 3 is 2.77 bits per heavy atom. The van der Waals surface area contributed by atoms with Crippen LogP contribution in [0.2, 0.25) is 0 Å². The molecule has 0 spiro atoms. The lowest BCUT2D eigenvalue weighted by Crippen LogP contribution is -2.18. The van der Waals surface area contributed by atoms with Crippen molar-refractivity contribution >= 4 is 5.69 Å². The topological polar surface area (TPSA) is 39.9 Å². The number of nitrogens with zero attached hydrogens (tertiary/aromatic N) is 3. The van der Waals surface area contributed by atoms with Crippen molar-refractivity contribution in [2.45, 2.75) is 12.8 Å². The van der Waals surface area contributed by atoms with Crippen LogP contribution in [-0.2, 0) is 0 Å². The third kappa shape index (κ3) is 3.12. The lowest BCUT2D eigenvalue weighted by Gasteiger charge is -2.17. The van der Waals surface area contributed by atoms with Crippen LogP contribution in [0, 0.1) is 11.3 Å². The van der Waals surface area contributed by atoms with Crippen LogP contribution in [0.15, 0.2) is 24.5 Å². The Balaban J connectivity index is 2.41. The van der Waals surface area contributed by atoms with Gasteiger partial charge in [0, 0.05) is 38.1 Å². The molecule has 0 radical (unpaired) electrons. The highest BCUT2D eigenvalue weighted by Gasteiger charge is 1.98. The van der Waals surface area contributed by atoms with E-state index >= 15 is 0 Å². The van der Waals surface area contributed by atoms with Crippen LogP contribution in [0.4, 0.5) is 5.69 Å². The quantitative estimate of drug-likeness (QED) is 0.655. The van der Waals surface area contributed by atoms with E-state index < -0.39 is 0 Å². The van der Waals surface area contributed by atoms with E-state index in [-0.39, 0.29) is 0 Å². The highest BCUT2D eigenvalue weighted by Crippen LogP contribution is 2.09. The van der Waals surface area contributed by atoms with Crippen molar-refractivity contribution < 1.29 is 0 Å². The van der Waals surface area contributed by atoms with Crippen molar-refractivity contribution in [3.8, 4) is 6.07 Å². The van der Waals surface area contributed by atoms with Crippen molar-refractivity contribution in [1.82, 2.24) is 4.98 Å². The van der Waals surface area contributed by atoms with E-state index in [9.17, 15) is 0 Å². The first-order valence-corrected chi connectivity index (χ1v) is 4.32. The number of unbranched alkanes of at least 4 members (excludes halogenated alkanes) is 1. The normalized spacial score (nSPS) is 9.23. The van der Waals surface area contributed by atoms with Crippen LogP contribution >= 0.6 is 0 Å². The van der Waals surface area contributed by atoms with Gasteiger partial charge in [-0.2, -0.15) is 5.26 Å². The standard InChI is InChI=1S/C10H13N3/c1-13(9-3-2-6-11)10-4-7-12-8-5-10/h4-5,7-8H,2-3,9H2,1H3. The molecule has 0 aliphatic rings.